The van der Waals surface area contributed by atoms with Crippen LogP contribution in [0.1, 0.15) is 29.8 Å². The first-order valence-electron chi connectivity index (χ1n) is 6.72. The van der Waals surface area contributed by atoms with Gasteiger partial charge in [0.1, 0.15) is 5.56 Å². The van der Waals surface area contributed by atoms with Crippen molar-refractivity contribution in [1.82, 2.24) is 4.98 Å². The Labute approximate surface area is 118 Å². The number of aryl methyl sites for hydroxylation is 1. The lowest BCUT2D eigenvalue weighted by molar-refractivity contribution is 0.102. The number of nitrogens with zero attached hydrogens (tertiary/aromatic N) is 1. The third-order valence-corrected chi connectivity index (χ3v) is 2.92. The third kappa shape index (κ3) is 3.35. The van der Waals surface area contributed by atoms with Gasteiger partial charge in [0.2, 0.25) is 5.88 Å². The van der Waals surface area contributed by atoms with Crippen LogP contribution < -0.4 is 10.1 Å². The molecule has 0 saturated carbocycles. The number of carbonyl (C=O) groups excluding carboxylic acids is 1. The second kappa shape index (κ2) is 6.70. The maximum atomic E-state index is 12.2. The molecule has 0 bridgehead atoms. The van der Waals surface area contributed by atoms with Crippen molar-refractivity contribution in [1.29, 1.82) is 0 Å². The van der Waals surface area contributed by atoms with Crippen molar-refractivity contribution in [3.05, 3.63) is 53.7 Å². The second-order valence-electron chi connectivity index (χ2n) is 4.29. The molecule has 0 aliphatic rings. The Hall–Kier alpha value is -2.36. The number of nitrogens with one attached hydrogen (secondary N) is 1. The number of hydrogen-bond acceptors (Lipinski definition) is 3. The molecular formula is C16H18N2O2. The summed E-state index contributed by atoms with van der Waals surface area (Å²) in [7, 11) is 0. The number of hydrogen-bond donors (Lipinski definition) is 1. The summed E-state index contributed by atoms with van der Waals surface area (Å²) in [5.41, 5.74) is 2.44. The van der Waals surface area contributed by atoms with E-state index in [1.165, 1.54) is 5.56 Å². The molecule has 20 heavy (non-hydrogen) atoms. The summed E-state index contributed by atoms with van der Waals surface area (Å²) >= 11 is 0. The molecule has 1 amide bonds. The first kappa shape index (κ1) is 14.1. The second-order valence-corrected chi connectivity index (χ2v) is 4.29. The van der Waals surface area contributed by atoms with Gasteiger partial charge < -0.3 is 10.1 Å². The molecule has 0 unspecified atom stereocenters. The number of rotatable bonds is 5. The van der Waals surface area contributed by atoms with Gasteiger partial charge in [-0.3, -0.25) is 4.79 Å². The summed E-state index contributed by atoms with van der Waals surface area (Å²) in [6.07, 6.45) is 2.59. The number of benzene rings is 1. The molecule has 1 N–H and O–H groups in total. The topological polar surface area (TPSA) is 51.2 Å². The van der Waals surface area contributed by atoms with Crippen LogP contribution in [0.3, 0.4) is 0 Å². The van der Waals surface area contributed by atoms with Crippen LogP contribution in [0.5, 0.6) is 5.88 Å². The van der Waals surface area contributed by atoms with E-state index < -0.39 is 0 Å². The van der Waals surface area contributed by atoms with E-state index in [1.54, 1.807) is 18.3 Å². The van der Waals surface area contributed by atoms with Gasteiger partial charge in [-0.05, 0) is 43.2 Å². The van der Waals surface area contributed by atoms with E-state index >= 15 is 0 Å². The number of anilines is 1. The van der Waals surface area contributed by atoms with Gasteiger partial charge in [0, 0.05) is 11.9 Å². The molecule has 0 aliphatic heterocycles. The minimum Gasteiger partial charge on any atom is -0.477 e. The van der Waals surface area contributed by atoms with E-state index in [4.69, 9.17) is 4.74 Å². The fraction of sp³-hybridized carbons (Fsp3) is 0.250. The summed E-state index contributed by atoms with van der Waals surface area (Å²) < 4.78 is 5.36. The van der Waals surface area contributed by atoms with Crippen molar-refractivity contribution in [3.63, 3.8) is 0 Å². The Kier molecular flexibility index (Phi) is 4.71. The first-order valence-corrected chi connectivity index (χ1v) is 6.72. The Balaban J connectivity index is 2.15. The van der Waals surface area contributed by atoms with Crippen molar-refractivity contribution >= 4 is 11.6 Å². The van der Waals surface area contributed by atoms with Crippen LogP contribution in [-0.4, -0.2) is 17.5 Å². The van der Waals surface area contributed by atoms with Gasteiger partial charge in [0.15, 0.2) is 0 Å². The van der Waals surface area contributed by atoms with Crippen molar-refractivity contribution in [2.24, 2.45) is 0 Å². The average Bonchev–Trinajstić information content (AvgIpc) is 2.49. The smallest absolute Gasteiger partial charge is 0.261 e. The maximum Gasteiger partial charge on any atom is 0.261 e. The van der Waals surface area contributed by atoms with Crippen molar-refractivity contribution < 1.29 is 9.53 Å². The Morgan fingerprint density at radius 3 is 2.60 bits per heavy atom. The van der Waals surface area contributed by atoms with Gasteiger partial charge in [-0.25, -0.2) is 4.98 Å². The SMILES string of the molecule is CCOc1ncccc1C(=O)Nc1ccc(CC)cc1. The first-order chi connectivity index (χ1) is 9.74. The summed E-state index contributed by atoms with van der Waals surface area (Å²) in [6, 6.07) is 11.2. The van der Waals surface area contributed by atoms with Crippen LogP contribution in [0.25, 0.3) is 0 Å². The van der Waals surface area contributed by atoms with E-state index in [0.29, 0.717) is 18.1 Å². The lowest BCUT2D eigenvalue weighted by Crippen LogP contribution is -2.14. The largest absolute Gasteiger partial charge is 0.477 e. The summed E-state index contributed by atoms with van der Waals surface area (Å²) in [5.74, 6) is 0.142. The number of ether oxygens (including phenoxy) is 1. The highest BCUT2D eigenvalue weighted by atomic mass is 16.5. The molecule has 0 aliphatic carbocycles. The number of carbonyl (C=O) groups is 1. The van der Waals surface area contributed by atoms with Gasteiger partial charge in [0.05, 0.1) is 6.61 Å². The van der Waals surface area contributed by atoms with Crippen molar-refractivity contribution in [2.75, 3.05) is 11.9 Å². The van der Waals surface area contributed by atoms with Crippen LogP contribution in [0.2, 0.25) is 0 Å². The predicted octanol–water partition coefficient (Wildman–Crippen LogP) is 3.30. The molecular weight excluding hydrogens is 252 g/mol. The zero-order valence-corrected chi connectivity index (χ0v) is 11.7. The Morgan fingerprint density at radius 2 is 1.95 bits per heavy atom. The summed E-state index contributed by atoms with van der Waals surface area (Å²) in [4.78, 5) is 16.3. The molecule has 1 heterocycles. The standard InChI is InChI=1S/C16H18N2O2/c1-3-12-7-9-13(10-8-12)18-15(19)14-6-5-11-17-16(14)20-4-2/h5-11H,3-4H2,1-2H3,(H,18,19). The quantitative estimate of drug-likeness (QED) is 0.907. The summed E-state index contributed by atoms with van der Waals surface area (Å²) in [5, 5.41) is 2.85. The lowest BCUT2D eigenvalue weighted by atomic mass is 10.1. The van der Waals surface area contributed by atoms with Crippen molar-refractivity contribution in [3.8, 4) is 5.88 Å². The molecule has 4 nitrogen and oxygen atoms in total. The van der Waals surface area contributed by atoms with Gasteiger partial charge in [-0.15, -0.1) is 0 Å². The zero-order valence-electron chi connectivity index (χ0n) is 11.7. The molecule has 1 aromatic carbocycles. The van der Waals surface area contributed by atoms with E-state index in [1.807, 2.05) is 31.2 Å². The molecule has 2 aromatic rings. The minimum atomic E-state index is -0.217. The molecule has 0 saturated heterocycles. The molecule has 0 atom stereocenters. The van der Waals surface area contributed by atoms with E-state index in [2.05, 4.69) is 17.2 Å². The third-order valence-electron chi connectivity index (χ3n) is 2.92. The molecule has 2 rings (SSSR count). The molecule has 104 valence electrons. The van der Waals surface area contributed by atoms with Crippen LogP contribution in [0.4, 0.5) is 5.69 Å². The number of pyridine rings is 1. The highest BCUT2D eigenvalue weighted by Crippen LogP contribution is 2.17. The fourth-order valence-electron chi connectivity index (χ4n) is 1.84. The molecule has 4 heteroatoms. The molecule has 1 aromatic heterocycles. The van der Waals surface area contributed by atoms with Gasteiger partial charge in [-0.2, -0.15) is 0 Å². The van der Waals surface area contributed by atoms with E-state index in [-0.39, 0.29) is 5.91 Å². The van der Waals surface area contributed by atoms with E-state index in [9.17, 15) is 4.79 Å². The average molecular weight is 270 g/mol. The van der Waals surface area contributed by atoms with Crippen LogP contribution in [0.15, 0.2) is 42.6 Å². The lowest BCUT2D eigenvalue weighted by Gasteiger charge is -2.09. The van der Waals surface area contributed by atoms with Crippen LogP contribution >= 0.6 is 0 Å². The predicted molar refractivity (Wildman–Crippen MR) is 79.2 cm³/mol. The number of amides is 1. The molecule has 0 fully saturated rings. The maximum absolute atomic E-state index is 12.2. The highest BCUT2D eigenvalue weighted by molar-refractivity contribution is 6.05. The minimum absolute atomic E-state index is 0.217. The van der Waals surface area contributed by atoms with Gasteiger partial charge >= 0.3 is 0 Å². The van der Waals surface area contributed by atoms with Gasteiger partial charge in [-0.1, -0.05) is 19.1 Å². The van der Waals surface area contributed by atoms with Crippen LogP contribution in [-0.2, 0) is 6.42 Å². The monoisotopic (exact) mass is 270 g/mol. The zero-order chi connectivity index (χ0) is 14.4. The Bertz CT molecular complexity index is 579. The van der Waals surface area contributed by atoms with Crippen LogP contribution in [0, 0.1) is 0 Å². The van der Waals surface area contributed by atoms with Crippen molar-refractivity contribution in [2.45, 2.75) is 20.3 Å². The normalized spacial score (nSPS) is 10.1. The molecule has 0 spiro atoms. The molecule has 0 radical (unpaired) electrons. The summed E-state index contributed by atoms with van der Waals surface area (Å²) in [6.45, 7) is 4.43. The Morgan fingerprint density at radius 1 is 1.20 bits per heavy atom. The fourth-order valence-corrected chi connectivity index (χ4v) is 1.84. The highest BCUT2D eigenvalue weighted by Gasteiger charge is 2.13. The van der Waals surface area contributed by atoms with Gasteiger partial charge in [0.25, 0.3) is 5.91 Å². The number of aromatic nitrogens is 1. The van der Waals surface area contributed by atoms with E-state index in [0.717, 1.165) is 12.1 Å².